The predicted molar refractivity (Wildman–Crippen MR) is 101 cm³/mol. The SMILES string of the molecule is Cc1cccc(C)c1OCC(=O)N/N=C\c1ccc2ccccc2c1. The zero-order valence-electron chi connectivity index (χ0n) is 14.3. The number of para-hydroxylation sites is 1. The first kappa shape index (κ1) is 16.7. The van der Waals surface area contributed by atoms with Crippen LogP contribution in [0.4, 0.5) is 0 Å². The van der Waals surface area contributed by atoms with Crippen LogP contribution >= 0.6 is 0 Å². The molecule has 0 saturated carbocycles. The number of ether oxygens (including phenoxy) is 1. The van der Waals surface area contributed by atoms with Gasteiger partial charge in [0.15, 0.2) is 6.61 Å². The van der Waals surface area contributed by atoms with E-state index in [0.29, 0.717) is 0 Å². The Bertz CT molecular complexity index is 912. The van der Waals surface area contributed by atoms with Crippen molar-refractivity contribution in [2.24, 2.45) is 5.10 Å². The summed E-state index contributed by atoms with van der Waals surface area (Å²) in [6.45, 7) is 3.84. The molecule has 4 nitrogen and oxygen atoms in total. The fraction of sp³-hybridized carbons (Fsp3) is 0.143. The van der Waals surface area contributed by atoms with Gasteiger partial charge >= 0.3 is 0 Å². The second-order valence-electron chi connectivity index (χ2n) is 5.91. The number of nitrogens with zero attached hydrogens (tertiary/aromatic N) is 1. The van der Waals surface area contributed by atoms with Gasteiger partial charge in [0.05, 0.1) is 6.21 Å². The number of hydrazone groups is 1. The molecule has 3 rings (SSSR count). The minimum atomic E-state index is -0.292. The van der Waals surface area contributed by atoms with Crippen molar-refractivity contribution in [2.45, 2.75) is 13.8 Å². The summed E-state index contributed by atoms with van der Waals surface area (Å²) < 4.78 is 5.60. The zero-order chi connectivity index (χ0) is 17.6. The Kier molecular flexibility index (Phi) is 5.09. The van der Waals surface area contributed by atoms with Gasteiger partial charge in [-0.2, -0.15) is 5.10 Å². The van der Waals surface area contributed by atoms with E-state index in [0.717, 1.165) is 27.8 Å². The van der Waals surface area contributed by atoms with Crippen molar-refractivity contribution in [3.8, 4) is 5.75 Å². The highest BCUT2D eigenvalue weighted by molar-refractivity contribution is 5.90. The van der Waals surface area contributed by atoms with Crippen LogP contribution in [0.5, 0.6) is 5.75 Å². The van der Waals surface area contributed by atoms with E-state index < -0.39 is 0 Å². The molecule has 0 atom stereocenters. The number of carbonyl (C=O) groups excluding carboxylic acids is 1. The molecular weight excluding hydrogens is 312 g/mol. The van der Waals surface area contributed by atoms with Crippen molar-refractivity contribution in [1.82, 2.24) is 5.43 Å². The molecule has 0 aliphatic heterocycles. The molecule has 1 amide bonds. The van der Waals surface area contributed by atoms with Crippen LogP contribution in [0.2, 0.25) is 0 Å². The van der Waals surface area contributed by atoms with E-state index in [9.17, 15) is 4.79 Å². The number of benzene rings is 3. The second-order valence-corrected chi connectivity index (χ2v) is 5.91. The van der Waals surface area contributed by atoms with Crippen LogP contribution in [0.15, 0.2) is 65.8 Å². The van der Waals surface area contributed by atoms with E-state index in [1.807, 2.05) is 68.4 Å². The van der Waals surface area contributed by atoms with Gasteiger partial charge in [0, 0.05) is 0 Å². The van der Waals surface area contributed by atoms with Gasteiger partial charge in [-0.3, -0.25) is 4.79 Å². The maximum absolute atomic E-state index is 11.9. The number of amides is 1. The number of rotatable bonds is 5. The molecule has 3 aromatic carbocycles. The van der Waals surface area contributed by atoms with Crippen molar-refractivity contribution in [3.63, 3.8) is 0 Å². The third kappa shape index (κ3) is 4.23. The smallest absolute Gasteiger partial charge is 0.277 e. The van der Waals surface area contributed by atoms with E-state index in [1.54, 1.807) is 6.21 Å². The van der Waals surface area contributed by atoms with Crippen molar-refractivity contribution in [1.29, 1.82) is 0 Å². The minimum Gasteiger partial charge on any atom is -0.483 e. The summed E-state index contributed by atoms with van der Waals surface area (Å²) in [4.78, 5) is 11.9. The first-order valence-electron chi connectivity index (χ1n) is 8.13. The predicted octanol–water partition coefficient (Wildman–Crippen LogP) is 3.99. The average Bonchev–Trinajstić information content (AvgIpc) is 2.61. The van der Waals surface area contributed by atoms with E-state index in [-0.39, 0.29) is 12.5 Å². The summed E-state index contributed by atoms with van der Waals surface area (Å²) in [6.07, 6.45) is 1.63. The fourth-order valence-corrected chi connectivity index (χ4v) is 2.66. The normalized spacial score (nSPS) is 11.0. The highest BCUT2D eigenvalue weighted by Crippen LogP contribution is 2.22. The van der Waals surface area contributed by atoms with Crippen LogP contribution in [-0.2, 0) is 4.79 Å². The molecule has 0 aliphatic rings. The number of carbonyl (C=O) groups is 1. The lowest BCUT2D eigenvalue weighted by molar-refractivity contribution is -0.123. The molecule has 4 heteroatoms. The van der Waals surface area contributed by atoms with Crippen LogP contribution in [0.25, 0.3) is 10.8 Å². The average molecular weight is 332 g/mol. The van der Waals surface area contributed by atoms with Gasteiger partial charge < -0.3 is 4.74 Å². The van der Waals surface area contributed by atoms with Gasteiger partial charge in [-0.05, 0) is 47.4 Å². The summed E-state index contributed by atoms with van der Waals surface area (Å²) in [5.74, 6) is 0.454. The van der Waals surface area contributed by atoms with Crippen LogP contribution in [0.1, 0.15) is 16.7 Å². The lowest BCUT2D eigenvalue weighted by Gasteiger charge is -2.10. The Morgan fingerprint density at radius 2 is 1.72 bits per heavy atom. The third-order valence-electron chi connectivity index (χ3n) is 3.93. The molecule has 3 aromatic rings. The monoisotopic (exact) mass is 332 g/mol. The number of nitrogens with one attached hydrogen (secondary N) is 1. The first-order chi connectivity index (χ1) is 12.1. The molecule has 0 heterocycles. The number of aryl methyl sites for hydroxylation is 2. The van der Waals surface area contributed by atoms with E-state index in [1.165, 1.54) is 5.39 Å². The molecule has 0 bridgehead atoms. The Morgan fingerprint density at radius 1 is 1.00 bits per heavy atom. The summed E-state index contributed by atoms with van der Waals surface area (Å²) in [6, 6.07) is 20.0. The topological polar surface area (TPSA) is 50.7 Å². The molecule has 0 unspecified atom stereocenters. The van der Waals surface area contributed by atoms with Crippen LogP contribution in [0.3, 0.4) is 0 Å². The summed E-state index contributed by atoms with van der Waals surface area (Å²) in [7, 11) is 0. The minimum absolute atomic E-state index is 0.0687. The molecule has 126 valence electrons. The molecule has 0 radical (unpaired) electrons. The maximum atomic E-state index is 11.9. The Morgan fingerprint density at radius 3 is 2.48 bits per heavy atom. The molecular formula is C21H20N2O2. The zero-order valence-corrected chi connectivity index (χ0v) is 14.3. The second kappa shape index (κ2) is 7.62. The molecule has 0 fully saturated rings. The standard InChI is InChI=1S/C21H20N2O2/c1-15-6-5-7-16(2)21(15)25-14-20(24)23-22-13-17-10-11-18-8-3-4-9-19(18)12-17/h3-13H,14H2,1-2H3,(H,23,24)/b22-13-. The van der Waals surface area contributed by atoms with Crippen molar-refractivity contribution in [3.05, 3.63) is 77.4 Å². The van der Waals surface area contributed by atoms with Crippen LogP contribution < -0.4 is 10.2 Å². The number of hydrogen-bond donors (Lipinski definition) is 1. The molecule has 0 aliphatic carbocycles. The fourth-order valence-electron chi connectivity index (χ4n) is 2.66. The molecule has 1 N–H and O–H groups in total. The van der Waals surface area contributed by atoms with Gasteiger partial charge in [0.2, 0.25) is 0 Å². The van der Waals surface area contributed by atoms with E-state index in [4.69, 9.17) is 4.74 Å². The summed E-state index contributed by atoms with van der Waals surface area (Å²) >= 11 is 0. The summed E-state index contributed by atoms with van der Waals surface area (Å²) in [5, 5.41) is 6.31. The summed E-state index contributed by atoms with van der Waals surface area (Å²) in [5.41, 5.74) is 5.43. The highest BCUT2D eigenvalue weighted by atomic mass is 16.5. The number of hydrogen-bond acceptors (Lipinski definition) is 3. The van der Waals surface area contributed by atoms with Crippen molar-refractivity contribution in [2.75, 3.05) is 6.61 Å². The highest BCUT2D eigenvalue weighted by Gasteiger charge is 2.06. The van der Waals surface area contributed by atoms with E-state index in [2.05, 4.69) is 16.6 Å². The maximum Gasteiger partial charge on any atom is 0.277 e. The van der Waals surface area contributed by atoms with Crippen LogP contribution in [-0.4, -0.2) is 18.7 Å². The number of fused-ring (bicyclic) bond motifs is 1. The Labute approximate surface area is 147 Å². The lowest BCUT2D eigenvalue weighted by Crippen LogP contribution is -2.25. The van der Waals surface area contributed by atoms with Gasteiger partial charge in [0.25, 0.3) is 5.91 Å². The largest absolute Gasteiger partial charge is 0.483 e. The van der Waals surface area contributed by atoms with Gasteiger partial charge in [-0.15, -0.1) is 0 Å². The van der Waals surface area contributed by atoms with Crippen molar-refractivity contribution >= 4 is 22.9 Å². The van der Waals surface area contributed by atoms with E-state index >= 15 is 0 Å². The molecule has 0 saturated heterocycles. The quantitative estimate of drug-likeness (QED) is 0.567. The lowest BCUT2D eigenvalue weighted by atomic mass is 10.1. The Hall–Kier alpha value is -3.14. The molecule has 25 heavy (non-hydrogen) atoms. The first-order valence-corrected chi connectivity index (χ1v) is 8.13. The molecule has 0 aromatic heterocycles. The Balaban J connectivity index is 1.57. The molecule has 0 spiro atoms. The van der Waals surface area contributed by atoms with Gasteiger partial charge in [-0.1, -0.05) is 54.6 Å². The van der Waals surface area contributed by atoms with Crippen LogP contribution in [0, 0.1) is 13.8 Å². The van der Waals surface area contributed by atoms with Crippen molar-refractivity contribution < 1.29 is 9.53 Å². The third-order valence-corrected chi connectivity index (χ3v) is 3.93. The van der Waals surface area contributed by atoms with Gasteiger partial charge in [-0.25, -0.2) is 5.43 Å². The van der Waals surface area contributed by atoms with Gasteiger partial charge in [0.1, 0.15) is 5.75 Å².